The fourth-order valence-corrected chi connectivity index (χ4v) is 1.16. The summed E-state index contributed by atoms with van der Waals surface area (Å²) in [4.78, 5) is 11.0. The molecule has 2 N–H and O–H groups in total. The topological polar surface area (TPSA) is 41.1 Å². The number of hydrogen-bond donors (Lipinski definition) is 2. The van der Waals surface area contributed by atoms with Crippen LogP contribution in [0.25, 0.3) is 0 Å². The van der Waals surface area contributed by atoms with Gasteiger partial charge in [0.05, 0.1) is 6.04 Å². The average Bonchev–Trinajstić information content (AvgIpc) is 2.16. The Kier molecular flexibility index (Phi) is 3.40. The van der Waals surface area contributed by atoms with Crippen molar-refractivity contribution in [1.82, 2.24) is 10.6 Å². The molecule has 0 aromatic rings. The number of amides is 1. The van der Waals surface area contributed by atoms with E-state index in [1.165, 1.54) is 0 Å². The summed E-state index contributed by atoms with van der Waals surface area (Å²) in [5, 5.41) is 5.34. The van der Waals surface area contributed by atoms with Gasteiger partial charge in [-0.3, -0.25) is 4.79 Å². The van der Waals surface area contributed by atoms with Gasteiger partial charge in [-0.2, -0.15) is 0 Å². The monoisotopic (exact) mass is 178 g/mol. The fourth-order valence-electron chi connectivity index (χ4n) is 1.16. The van der Waals surface area contributed by atoms with Crippen molar-refractivity contribution in [2.45, 2.75) is 25.3 Å². The summed E-state index contributed by atoms with van der Waals surface area (Å²) in [6.45, 7) is 1.20. The molecule has 0 aromatic heterocycles. The van der Waals surface area contributed by atoms with Crippen molar-refractivity contribution in [3.63, 3.8) is 0 Å². The van der Waals surface area contributed by atoms with Crippen LogP contribution >= 0.6 is 0 Å². The van der Waals surface area contributed by atoms with Crippen molar-refractivity contribution in [2.75, 3.05) is 13.1 Å². The third-order valence-electron chi connectivity index (χ3n) is 1.77. The molecule has 12 heavy (non-hydrogen) atoms. The van der Waals surface area contributed by atoms with Crippen molar-refractivity contribution in [1.29, 1.82) is 0 Å². The molecule has 5 heteroatoms. The average molecular weight is 178 g/mol. The third-order valence-corrected chi connectivity index (χ3v) is 1.77. The highest BCUT2D eigenvalue weighted by atomic mass is 19.3. The van der Waals surface area contributed by atoms with Crippen molar-refractivity contribution in [3.05, 3.63) is 0 Å². The van der Waals surface area contributed by atoms with Crippen LogP contribution in [0.3, 0.4) is 0 Å². The lowest BCUT2D eigenvalue weighted by Gasteiger charge is -2.12. The van der Waals surface area contributed by atoms with Crippen molar-refractivity contribution >= 4 is 5.91 Å². The van der Waals surface area contributed by atoms with Gasteiger partial charge < -0.3 is 10.6 Å². The molecule has 0 bridgehead atoms. The number of rotatable bonds is 2. The lowest BCUT2D eigenvalue weighted by Crippen LogP contribution is -2.42. The van der Waals surface area contributed by atoms with E-state index in [-0.39, 0.29) is 5.91 Å². The Balaban J connectivity index is 2.42. The van der Waals surface area contributed by atoms with Gasteiger partial charge in [-0.1, -0.05) is 0 Å². The van der Waals surface area contributed by atoms with Crippen molar-refractivity contribution in [2.24, 2.45) is 0 Å². The first-order valence-corrected chi connectivity index (χ1v) is 3.99. The normalized spacial score (nSPS) is 25.2. The molecule has 1 fully saturated rings. The van der Waals surface area contributed by atoms with Gasteiger partial charge in [-0.05, 0) is 13.0 Å². The number of hydrogen-bond acceptors (Lipinski definition) is 2. The standard InChI is InChI=1S/C7H12F2N2O/c8-6(9)4-5-7(12)11-3-1-2-10-5/h5-6,10H,1-4H2,(H,11,12). The highest BCUT2D eigenvalue weighted by molar-refractivity contribution is 5.81. The number of carbonyl (C=O) groups excluding carboxylic acids is 1. The molecular formula is C7H12F2N2O. The van der Waals surface area contributed by atoms with Gasteiger partial charge in [0.15, 0.2) is 0 Å². The summed E-state index contributed by atoms with van der Waals surface area (Å²) in [6.07, 6.45) is -2.02. The van der Waals surface area contributed by atoms with E-state index < -0.39 is 18.9 Å². The minimum atomic E-state index is -2.42. The molecule has 1 atom stereocenters. The Hall–Kier alpha value is -0.710. The molecule has 0 aromatic carbocycles. The first-order valence-electron chi connectivity index (χ1n) is 3.99. The molecule has 1 amide bonds. The first-order chi connectivity index (χ1) is 5.70. The van der Waals surface area contributed by atoms with E-state index in [2.05, 4.69) is 10.6 Å². The summed E-state index contributed by atoms with van der Waals surface area (Å²) in [5.74, 6) is -0.312. The van der Waals surface area contributed by atoms with E-state index in [1.54, 1.807) is 0 Å². The molecule has 1 unspecified atom stereocenters. The van der Waals surface area contributed by atoms with Gasteiger partial charge in [0.1, 0.15) is 0 Å². The van der Waals surface area contributed by atoms with E-state index in [1.807, 2.05) is 0 Å². The highest BCUT2D eigenvalue weighted by Gasteiger charge is 2.23. The third kappa shape index (κ3) is 2.73. The smallest absolute Gasteiger partial charge is 0.240 e. The Morgan fingerprint density at radius 3 is 2.92 bits per heavy atom. The molecule has 1 heterocycles. The maximum Gasteiger partial charge on any atom is 0.240 e. The zero-order valence-electron chi connectivity index (χ0n) is 6.65. The summed E-state index contributed by atoms with van der Waals surface area (Å²) in [6, 6.07) is -0.715. The van der Waals surface area contributed by atoms with Crippen molar-refractivity contribution < 1.29 is 13.6 Å². The van der Waals surface area contributed by atoms with E-state index in [9.17, 15) is 13.6 Å². The minimum Gasteiger partial charge on any atom is -0.355 e. The van der Waals surface area contributed by atoms with Crippen LogP contribution in [0.15, 0.2) is 0 Å². The van der Waals surface area contributed by atoms with E-state index >= 15 is 0 Å². The van der Waals surface area contributed by atoms with Gasteiger partial charge in [0.25, 0.3) is 0 Å². The predicted octanol–water partition coefficient (Wildman–Crippen LogP) is 0.120. The van der Waals surface area contributed by atoms with Crippen LogP contribution in [-0.2, 0) is 4.79 Å². The van der Waals surface area contributed by atoms with Gasteiger partial charge in [0.2, 0.25) is 12.3 Å². The second-order valence-corrected chi connectivity index (χ2v) is 2.78. The summed E-state index contributed by atoms with van der Waals surface area (Å²) >= 11 is 0. The molecule has 0 aliphatic carbocycles. The van der Waals surface area contributed by atoms with Crippen LogP contribution in [0.1, 0.15) is 12.8 Å². The Labute approximate surface area is 69.5 Å². The predicted molar refractivity (Wildman–Crippen MR) is 40.0 cm³/mol. The summed E-state index contributed by atoms with van der Waals surface area (Å²) in [5.41, 5.74) is 0. The Morgan fingerprint density at radius 1 is 1.50 bits per heavy atom. The van der Waals surface area contributed by atoms with Crippen LogP contribution < -0.4 is 10.6 Å². The second-order valence-electron chi connectivity index (χ2n) is 2.78. The number of nitrogens with one attached hydrogen (secondary N) is 2. The number of carbonyl (C=O) groups is 1. The van der Waals surface area contributed by atoms with Crippen LogP contribution in [0.5, 0.6) is 0 Å². The van der Waals surface area contributed by atoms with E-state index in [0.717, 1.165) is 6.42 Å². The lowest BCUT2D eigenvalue weighted by molar-refractivity contribution is -0.123. The summed E-state index contributed by atoms with van der Waals surface area (Å²) in [7, 11) is 0. The zero-order valence-corrected chi connectivity index (χ0v) is 6.65. The molecule has 1 rings (SSSR count). The first kappa shape index (κ1) is 9.38. The van der Waals surface area contributed by atoms with Gasteiger partial charge in [0, 0.05) is 13.0 Å². The van der Waals surface area contributed by atoms with Crippen LogP contribution in [0.4, 0.5) is 8.78 Å². The lowest BCUT2D eigenvalue weighted by atomic mass is 10.2. The van der Waals surface area contributed by atoms with Gasteiger partial charge in [-0.15, -0.1) is 0 Å². The number of halogens is 2. The maximum absolute atomic E-state index is 11.9. The molecule has 1 aliphatic heterocycles. The zero-order chi connectivity index (χ0) is 8.97. The molecular weight excluding hydrogens is 166 g/mol. The second kappa shape index (κ2) is 4.35. The maximum atomic E-state index is 11.9. The molecule has 70 valence electrons. The molecule has 0 radical (unpaired) electrons. The molecule has 1 saturated heterocycles. The van der Waals surface area contributed by atoms with Crippen molar-refractivity contribution in [3.8, 4) is 0 Å². The fraction of sp³-hybridized carbons (Fsp3) is 0.857. The van der Waals surface area contributed by atoms with E-state index in [4.69, 9.17) is 0 Å². The SMILES string of the molecule is O=C1NCCCNC1CC(F)F. The van der Waals surface area contributed by atoms with Crippen LogP contribution in [-0.4, -0.2) is 31.5 Å². The highest BCUT2D eigenvalue weighted by Crippen LogP contribution is 2.05. The van der Waals surface area contributed by atoms with Gasteiger partial charge in [-0.25, -0.2) is 8.78 Å². The largest absolute Gasteiger partial charge is 0.355 e. The van der Waals surface area contributed by atoms with E-state index in [0.29, 0.717) is 13.1 Å². The Bertz CT molecular complexity index is 163. The quantitative estimate of drug-likeness (QED) is 0.630. The van der Waals surface area contributed by atoms with Crippen LogP contribution in [0.2, 0.25) is 0 Å². The Morgan fingerprint density at radius 2 is 2.25 bits per heavy atom. The minimum absolute atomic E-state index is 0.312. The molecule has 1 aliphatic rings. The molecule has 3 nitrogen and oxygen atoms in total. The summed E-state index contributed by atoms with van der Waals surface area (Å²) < 4.78 is 23.8. The number of alkyl halides is 2. The molecule has 0 spiro atoms. The van der Waals surface area contributed by atoms with Gasteiger partial charge >= 0.3 is 0 Å². The molecule has 0 saturated carbocycles. The van der Waals surface area contributed by atoms with Crippen LogP contribution in [0, 0.1) is 0 Å².